The van der Waals surface area contributed by atoms with Gasteiger partial charge in [0.15, 0.2) is 16.1 Å². The zero-order valence-corrected chi connectivity index (χ0v) is 56.9. The second-order valence-electron chi connectivity index (χ2n) is 26.0. The Labute approximate surface area is 584 Å². The molecule has 18 aromatic rings. The quantitative estimate of drug-likeness (QED) is 0.0757. The van der Waals surface area contributed by atoms with Crippen LogP contribution in [0.15, 0.2) is 400 Å². The molecule has 0 aliphatic rings. The van der Waals surface area contributed by atoms with E-state index in [2.05, 4.69) is 410 Å². The molecule has 0 saturated carbocycles. The van der Waals surface area contributed by atoms with Gasteiger partial charge in [-0.05, 0) is 116 Å². The second kappa shape index (κ2) is 25.4. The van der Waals surface area contributed by atoms with Gasteiger partial charge in [-0.15, -0.1) is 0 Å². The minimum Gasteiger partial charge on any atom is -0.294 e. The van der Waals surface area contributed by atoms with Gasteiger partial charge in [0.05, 0.1) is 27.8 Å². The standard InChI is InChI=1S/C94H66N4Si2/c1-8-31-67(32-9-1)71-39-28-48-79(59-71)99(76-42-16-5-17-43-76,77-44-18-6-19-45-77)82-62-75(63-83(65-82)100(78-46-20-7-21-47-78,80-49-29-40-72(60-80)68-33-10-2-11-34-68)81-50-30-41-73(61-81)69-35-12-3-13-36-69)88-66-93(97-89-54-25-22-51-84(89)85-52-23-26-55-90(85)97)96-94(95-88)98-91-56-27-24-53-86(91)87-64-74(57-58-92(87)98)70-37-14-4-15-38-70/h1-66H. The Morgan fingerprint density at radius 3 is 0.890 bits per heavy atom. The Kier molecular flexibility index (Phi) is 15.2. The molecule has 0 aliphatic heterocycles. The van der Waals surface area contributed by atoms with Crippen molar-refractivity contribution < 1.29 is 0 Å². The number of fused-ring (bicyclic) bond motifs is 6. The first-order valence-corrected chi connectivity index (χ1v) is 38.4. The molecule has 0 amide bonds. The van der Waals surface area contributed by atoms with E-state index in [1.165, 1.54) is 52.6 Å². The first-order valence-electron chi connectivity index (χ1n) is 34.4. The Morgan fingerprint density at radius 2 is 0.480 bits per heavy atom. The van der Waals surface area contributed by atoms with Crippen molar-refractivity contribution in [2.75, 3.05) is 0 Å². The highest BCUT2D eigenvalue weighted by Gasteiger charge is 2.47. The van der Waals surface area contributed by atoms with Gasteiger partial charge >= 0.3 is 0 Å². The van der Waals surface area contributed by atoms with Crippen LogP contribution in [0.4, 0.5) is 0 Å². The largest absolute Gasteiger partial charge is 0.294 e. The maximum atomic E-state index is 6.11. The lowest BCUT2D eigenvalue weighted by molar-refractivity contribution is 0.952. The average molecular weight is 1310 g/mol. The van der Waals surface area contributed by atoms with Crippen molar-refractivity contribution in [2.45, 2.75) is 0 Å². The smallest absolute Gasteiger partial charge is 0.237 e. The number of rotatable bonds is 15. The zero-order chi connectivity index (χ0) is 66.4. The summed E-state index contributed by atoms with van der Waals surface area (Å²) in [4.78, 5) is 12.0. The predicted molar refractivity (Wildman–Crippen MR) is 425 cm³/mol. The number of nitrogens with zero attached hydrogens (tertiary/aromatic N) is 4. The Hall–Kier alpha value is -12.6. The van der Waals surface area contributed by atoms with Gasteiger partial charge in [-0.1, -0.05) is 364 Å². The van der Waals surface area contributed by atoms with Gasteiger partial charge in [0.2, 0.25) is 5.95 Å². The normalized spacial score (nSPS) is 11.8. The minimum atomic E-state index is -3.61. The Bertz CT molecular complexity index is 5840. The van der Waals surface area contributed by atoms with Crippen LogP contribution in [0.25, 0.3) is 111 Å². The average Bonchev–Trinajstić information content (AvgIpc) is 0.984. The second-order valence-corrected chi connectivity index (χ2v) is 33.6. The van der Waals surface area contributed by atoms with E-state index in [1.807, 2.05) is 0 Å². The van der Waals surface area contributed by atoms with Crippen molar-refractivity contribution in [2.24, 2.45) is 0 Å². The highest BCUT2D eigenvalue weighted by atomic mass is 28.3. The van der Waals surface area contributed by atoms with E-state index < -0.39 is 16.1 Å². The molecule has 0 saturated heterocycles. The molecule has 100 heavy (non-hydrogen) atoms. The molecule has 4 nitrogen and oxygen atoms in total. The Balaban J connectivity index is 1.02. The lowest BCUT2D eigenvalue weighted by Crippen LogP contribution is -2.78. The molecule has 0 unspecified atom stereocenters. The first kappa shape index (κ1) is 59.9. The van der Waals surface area contributed by atoms with Crippen LogP contribution in [0, 0.1) is 0 Å². The molecule has 0 atom stereocenters. The lowest BCUT2D eigenvalue weighted by Gasteiger charge is -2.39. The molecule has 0 radical (unpaired) electrons. The molecule has 6 heteroatoms. The van der Waals surface area contributed by atoms with Crippen molar-refractivity contribution >= 4 is 101 Å². The predicted octanol–water partition coefficient (Wildman–Crippen LogP) is 17.8. The summed E-state index contributed by atoms with van der Waals surface area (Å²) in [7, 11) is -7.13. The highest BCUT2D eigenvalue weighted by molar-refractivity contribution is 7.22. The van der Waals surface area contributed by atoms with Crippen LogP contribution in [0.5, 0.6) is 0 Å². The third-order valence-electron chi connectivity index (χ3n) is 20.4. The number of benzene rings is 15. The summed E-state index contributed by atoms with van der Waals surface area (Å²) in [6.45, 7) is 0. The van der Waals surface area contributed by atoms with E-state index in [1.54, 1.807) is 0 Å². The molecular weight excluding hydrogens is 1240 g/mol. The molecule has 3 aromatic heterocycles. The van der Waals surface area contributed by atoms with Crippen LogP contribution >= 0.6 is 0 Å². The van der Waals surface area contributed by atoms with E-state index in [0.29, 0.717) is 5.95 Å². The van der Waals surface area contributed by atoms with E-state index in [4.69, 9.17) is 9.97 Å². The van der Waals surface area contributed by atoms with Crippen molar-refractivity contribution in [3.05, 3.63) is 400 Å². The van der Waals surface area contributed by atoms with E-state index >= 15 is 0 Å². The number of hydrogen-bond acceptors (Lipinski definition) is 2. The summed E-state index contributed by atoms with van der Waals surface area (Å²) >= 11 is 0. The van der Waals surface area contributed by atoms with Gasteiger partial charge in [-0.2, -0.15) is 4.98 Å². The van der Waals surface area contributed by atoms with Crippen molar-refractivity contribution in [1.29, 1.82) is 0 Å². The van der Waals surface area contributed by atoms with Crippen LogP contribution in [0.1, 0.15) is 0 Å². The van der Waals surface area contributed by atoms with Crippen LogP contribution in [-0.2, 0) is 0 Å². The van der Waals surface area contributed by atoms with Gasteiger partial charge in [-0.3, -0.25) is 9.13 Å². The zero-order valence-electron chi connectivity index (χ0n) is 54.9. The van der Waals surface area contributed by atoms with Crippen molar-refractivity contribution in [3.8, 4) is 67.5 Å². The monoisotopic (exact) mass is 1310 g/mol. The molecule has 0 N–H and O–H groups in total. The molecule has 18 rings (SSSR count). The van der Waals surface area contributed by atoms with E-state index in [0.717, 1.165) is 94.1 Å². The number of aromatic nitrogens is 4. The molecular formula is C94H66N4Si2. The lowest BCUT2D eigenvalue weighted by atomic mass is 10.0. The maximum Gasteiger partial charge on any atom is 0.237 e. The van der Waals surface area contributed by atoms with Gasteiger partial charge < -0.3 is 0 Å². The van der Waals surface area contributed by atoms with Gasteiger partial charge in [0, 0.05) is 33.2 Å². The first-order chi connectivity index (χ1) is 49.6. The summed E-state index contributed by atoms with van der Waals surface area (Å²) < 4.78 is 4.67. The Morgan fingerprint density at radius 1 is 0.180 bits per heavy atom. The van der Waals surface area contributed by atoms with Crippen LogP contribution in [-0.4, -0.2) is 35.2 Å². The summed E-state index contributed by atoms with van der Waals surface area (Å²) in [6.07, 6.45) is 0. The summed E-state index contributed by atoms with van der Waals surface area (Å²) in [5.41, 5.74) is 15.2. The molecule has 0 spiro atoms. The van der Waals surface area contributed by atoms with Crippen molar-refractivity contribution in [1.82, 2.24) is 19.1 Å². The fraction of sp³-hybridized carbons (Fsp3) is 0. The van der Waals surface area contributed by atoms with Crippen LogP contribution < -0.4 is 41.5 Å². The van der Waals surface area contributed by atoms with E-state index in [9.17, 15) is 0 Å². The fourth-order valence-electron chi connectivity index (χ4n) is 15.9. The highest BCUT2D eigenvalue weighted by Crippen LogP contribution is 2.38. The van der Waals surface area contributed by atoms with Gasteiger partial charge in [0.25, 0.3) is 0 Å². The van der Waals surface area contributed by atoms with Gasteiger partial charge in [0.1, 0.15) is 5.82 Å². The van der Waals surface area contributed by atoms with Crippen molar-refractivity contribution in [3.63, 3.8) is 0 Å². The molecule has 470 valence electrons. The van der Waals surface area contributed by atoms with Crippen LogP contribution in [0.2, 0.25) is 0 Å². The molecule has 0 aliphatic carbocycles. The topological polar surface area (TPSA) is 35.6 Å². The molecule has 0 fully saturated rings. The third-order valence-corrected chi connectivity index (χ3v) is 29.9. The SMILES string of the molecule is c1ccc(-c2cccc([Si](c3ccccc3)(c3ccccc3)c3cc(-c4cc(-n5c6ccccc6c6ccccc65)nc(-n5c6ccccc6c6cc(-c7ccccc7)ccc65)n4)cc([Si](c4ccccc4)(c4cccc(-c5ccccc5)c4)c4cccc(-c5ccccc5)c4)c3)c2)cc1. The molecule has 3 heterocycles. The van der Waals surface area contributed by atoms with Gasteiger partial charge in [-0.25, -0.2) is 4.98 Å². The summed E-state index contributed by atoms with van der Waals surface area (Å²) in [5, 5.41) is 14.6. The van der Waals surface area contributed by atoms with E-state index in [-0.39, 0.29) is 0 Å². The molecule has 0 bridgehead atoms. The molecule has 15 aromatic carbocycles. The van der Waals surface area contributed by atoms with Crippen LogP contribution in [0.3, 0.4) is 0 Å². The number of para-hydroxylation sites is 3. The summed E-state index contributed by atoms with van der Waals surface area (Å²) in [6, 6.07) is 149. The minimum absolute atomic E-state index is 0.572. The maximum absolute atomic E-state index is 6.11. The number of hydrogen-bond donors (Lipinski definition) is 0. The summed E-state index contributed by atoms with van der Waals surface area (Å²) in [5.74, 6) is 1.34. The fourth-order valence-corrected chi connectivity index (χ4v) is 25.8. The third kappa shape index (κ3) is 10.3.